The molecule has 22 heavy (non-hydrogen) atoms. The van der Waals surface area contributed by atoms with E-state index in [4.69, 9.17) is 9.47 Å². The van der Waals surface area contributed by atoms with Gasteiger partial charge in [-0.3, -0.25) is 9.69 Å². The highest BCUT2D eigenvalue weighted by Crippen LogP contribution is 2.20. The van der Waals surface area contributed by atoms with Gasteiger partial charge in [-0.1, -0.05) is 36.8 Å². The summed E-state index contributed by atoms with van der Waals surface area (Å²) in [5, 5.41) is 0. The second kappa shape index (κ2) is 8.91. The summed E-state index contributed by atoms with van der Waals surface area (Å²) in [6.07, 6.45) is 3.29. The minimum absolute atomic E-state index is 0.108. The monoisotopic (exact) mass is 305 g/mol. The first kappa shape index (κ1) is 17.0. The maximum Gasteiger partial charge on any atom is 0.323 e. The number of carbonyl (C=O) groups is 1. The molecule has 1 fully saturated rings. The minimum atomic E-state index is -0.118. The van der Waals surface area contributed by atoms with Gasteiger partial charge in [0, 0.05) is 6.54 Å². The highest BCUT2D eigenvalue weighted by atomic mass is 16.6. The molecule has 0 amide bonds. The van der Waals surface area contributed by atoms with E-state index in [0.29, 0.717) is 13.2 Å². The number of piperidine rings is 1. The molecule has 1 saturated heterocycles. The normalized spacial score (nSPS) is 19.3. The third-order valence-electron chi connectivity index (χ3n) is 3.89. The Bertz CT molecular complexity index is 447. The lowest BCUT2D eigenvalue weighted by Gasteiger charge is -2.34. The van der Waals surface area contributed by atoms with Crippen LogP contribution in [-0.4, -0.2) is 42.8 Å². The van der Waals surface area contributed by atoms with Crippen LogP contribution in [-0.2, 0) is 20.8 Å². The van der Waals surface area contributed by atoms with E-state index in [0.717, 1.165) is 32.4 Å². The topological polar surface area (TPSA) is 38.8 Å². The van der Waals surface area contributed by atoms with Crippen LogP contribution in [0.2, 0.25) is 0 Å². The van der Waals surface area contributed by atoms with Crippen LogP contribution >= 0.6 is 0 Å². The molecule has 2 rings (SSSR count). The summed E-state index contributed by atoms with van der Waals surface area (Å²) in [6, 6.07) is 10.2. The van der Waals surface area contributed by atoms with Crippen molar-refractivity contribution < 1.29 is 14.3 Å². The Hall–Kier alpha value is -1.39. The van der Waals surface area contributed by atoms with Gasteiger partial charge in [0.2, 0.25) is 0 Å². The zero-order valence-electron chi connectivity index (χ0n) is 13.7. The van der Waals surface area contributed by atoms with Gasteiger partial charge in [0.15, 0.2) is 0 Å². The van der Waals surface area contributed by atoms with Gasteiger partial charge in [-0.2, -0.15) is 0 Å². The molecule has 1 aromatic rings. The summed E-state index contributed by atoms with van der Waals surface area (Å²) in [5.41, 5.74) is 1.24. The molecule has 122 valence electrons. The average molecular weight is 305 g/mol. The minimum Gasteiger partial charge on any atom is -0.462 e. The molecule has 0 aromatic heterocycles. The fourth-order valence-corrected chi connectivity index (χ4v) is 2.79. The zero-order valence-corrected chi connectivity index (χ0v) is 13.7. The number of ether oxygens (including phenoxy) is 2. The maximum atomic E-state index is 12.3. The van der Waals surface area contributed by atoms with Crippen LogP contribution in [0.15, 0.2) is 30.3 Å². The third kappa shape index (κ3) is 5.43. The van der Waals surface area contributed by atoms with Gasteiger partial charge < -0.3 is 9.47 Å². The van der Waals surface area contributed by atoms with Crippen LogP contribution in [0.4, 0.5) is 0 Å². The molecule has 0 radical (unpaired) electrons. The van der Waals surface area contributed by atoms with E-state index in [9.17, 15) is 4.79 Å². The molecule has 0 spiro atoms. The van der Waals surface area contributed by atoms with Crippen molar-refractivity contribution in [1.29, 1.82) is 0 Å². The van der Waals surface area contributed by atoms with E-state index >= 15 is 0 Å². The zero-order chi connectivity index (χ0) is 15.8. The van der Waals surface area contributed by atoms with Crippen molar-refractivity contribution in [3.63, 3.8) is 0 Å². The second-order valence-corrected chi connectivity index (χ2v) is 6.05. The Balaban J connectivity index is 1.84. The summed E-state index contributed by atoms with van der Waals surface area (Å²) < 4.78 is 10.8. The first-order valence-electron chi connectivity index (χ1n) is 8.23. The molecule has 0 saturated carbocycles. The molecule has 1 aliphatic rings. The number of rotatable bonds is 7. The SMILES string of the molecule is CC(C)OCCOC(=O)[C@H]1CCCCN1Cc1ccccc1. The van der Waals surface area contributed by atoms with Crippen LogP contribution < -0.4 is 0 Å². The maximum absolute atomic E-state index is 12.3. The number of likely N-dealkylation sites (tertiary alicyclic amines) is 1. The van der Waals surface area contributed by atoms with Crippen molar-refractivity contribution in [2.75, 3.05) is 19.8 Å². The molecule has 0 unspecified atom stereocenters. The first-order chi connectivity index (χ1) is 10.7. The Labute approximate surface area is 133 Å². The van der Waals surface area contributed by atoms with Gasteiger partial charge in [-0.25, -0.2) is 0 Å². The van der Waals surface area contributed by atoms with Crippen molar-refractivity contribution in [1.82, 2.24) is 4.90 Å². The van der Waals surface area contributed by atoms with E-state index in [1.165, 1.54) is 5.56 Å². The molecule has 1 aromatic carbocycles. The number of hydrogen-bond donors (Lipinski definition) is 0. The first-order valence-corrected chi connectivity index (χ1v) is 8.23. The Morgan fingerprint density at radius 2 is 2.00 bits per heavy atom. The van der Waals surface area contributed by atoms with E-state index in [2.05, 4.69) is 17.0 Å². The predicted molar refractivity (Wildman–Crippen MR) is 86.5 cm³/mol. The Morgan fingerprint density at radius 3 is 2.73 bits per heavy atom. The molecule has 1 heterocycles. The number of carbonyl (C=O) groups excluding carboxylic acids is 1. The Morgan fingerprint density at radius 1 is 1.23 bits per heavy atom. The quantitative estimate of drug-likeness (QED) is 0.573. The highest BCUT2D eigenvalue weighted by Gasteiger charge is 2.29. The lowest BCUT2D eigenvalue weighted by atomic mass is 10.0. The molecule has 0 aliphatic carbocycles. The van der Waals surface area contributed by atoms with Crippen LogP contribution in [0, 0.1) is 0 Å². The van der Waals surface area contributed by atoms with E-state index in [-0.39, 0.29) is 18.1 Å². The van der Waals surface area contributed by atoms with E-state index in [1.54, 1.807) is 0 Å². The third-order valence-corrected chi connectivity index (χ3v) is 3.89. The molecule has 4 heteroatoms. The molecule has 4 nitrogen and oxygen atoms in total. The number of esters is 1. The van der Waals surface area contributed by atoms with Crippen molar-refractivity contribution in [3.05, 3.63) is 35.9 Å². The highest BCUT2D eigenvalue weighted by molar-refractivity contribution is 5.75. The number of benzene rings is 1. The van der Waals surface area contributed by atoms with Gasteiger partial charge in [-0.05, 0) is 38.8 Å². The van der Waals surface area contributed by atoms with Crippen LogP contribution in [0.5, 0.6) is 0 Å². The van der Waals surface area contributed by atoms with Crippen LogP contribution in [0.1, 0.15) is 38.7 Å². The van der Waals surface area contributed by atoms with Gasteiger partial charge in [0.1, 0.15) is 12.6 Å². The second-order valence-electron chi connectivity index (χ2n) is 6.05. The van der Waals surface area contributed by atoms with Crippen molar-refractivity contribution >= 4 is 5.97 Å². The van der Waals surface area contributed by atoms with Crippen LogP contribution in [0.3, 0.4) is 0 Å². The fraction of sp³-hybridized carbons (Fsp3) is 0.611. The van der Waals surface area contributed by atoms with Gasteiger partial charge >= 0.3 is 5.97 Å². The fourth-order valence-electron chi connectivity index (χ4n) is 2.79. The molecular weight excluding hydrogens is 278 g/mol. The summed E-state index contributed by atoms with van der Waals surface area (Å²) in [7, 11) is 0. The summed E-state index contributed by atoms with van der Waals surface area (Å²) in [4.78, 5) is 14.6. The van der Waals surface area contributed by atoms with Crippen molar-refractivity contribution in [2.24, 2.45) is 0 Å². The largest absolute Gasteiger partial charge is 0.462 e. The molecule has 0 N–H and O–H groups in total. The van der Waals surface area contributed by atoms with E-state index in [1.807, 2.05) is 32.0 Å². The van der Waals surface area contributed by atoms with Gasteiger partial charge in [0.05, 0.1) is 12.7 Å². The molecular formula is C18H27NO3. The van der Waals surface area contributed by atoms with Crippen molar-refractivity contribution in [2.45, 2.75) is 51.8 Å². The molecule has 1 aliphatic heterocycles. The van der Waals surface area contributed by atoms with Crippen LogP contribution in [0.25, 0.3) is 0 Å². The van der Waals surface area contributed by atoms with Gasteiger partial charge in [0.25, 0.3) is 0 Å². The van der Waals surface area contributed by atoms with Crippen molar-refractivity contribution in [3.8, 4) is 0 Å². The number of nitrogens with zero attached hydrogens (tertiary/aromatic N) is 1. The molecule has 1 atom stereocenters. The molecule has 0 bridgehead atoms. The lowest BCUT2D eigenvalue weighted by molar-refractivity contribution is -0.153. The number of hydrogen-bond acceptors (Lipinski definition) is 4. The summed E-state index contributed by atoms with van der Waals surface area (Å²) in [6.45, 7) is 6.52. The van der Waals surface area contributed by atoms with E-state index < -0.39 is 0 Å². The Kier molecular flexibility index (Phi) is 6.87. The lowest BCUT2D eigenvalue weighted by Crippen LogP contribution is -2.45. The predicted octanol–water partition coefficient (Wildman–Crippen LogP) is 3.01. The average Bonchev–Trinajstić information content (AvgIpc) is 2.53. The summed E-state index contributed by atoms with van der Waals surface area (Å²) in [5.74, 6) is -0.108. The van der Waals surface area contributed by atoms with Gasteiger partial charge in [-0.15, -0.1) is 0 Å². The summed E-state index contributed by atoms with van der Waals surface area (Å²) >= 11 is 0. The smallest absolute Gasteiger partial charge is 0.323 e. The standard InChI is InChI=1S/C18H27NO3/c1-15(2)21-12-13-22-18(20)17-10-6-7-11-19(17)14-16-8-4-3-5-9-16/h3-5,8-9,15,17H,6-7,10-14H2,1-2H3/t17-/m1/s1.